The monoisotopic (exact) mass is 416 g/mol. The van der Waals surface area contributed by atoms with Gasteiger partial charge in [0.2, 0.25) is 0 Å². The maximum absolute atomic E-state index is 13.2. The highest BCUT2D eigenvalue weighted by Crippen LogP contribution is 2.44. The highest BCUT2D eigenvalue weighted by Gasteiger charge is 2.58. The Morgan fingerprint density at radius 1 is 1.13 bits per heavy atom. The molecule has 3 aliphatic rings. The third-order valence-corrected chi connectivity index (χ3v) is 6.15. The zero-order valence-corrected chi connectivity index (χ0v) is 17.3. The lowest BCUT2D eigenvalue weighted by atomic mass is 10.1. The van der Waals surface area contributed by atoms with Crippen molar-refractivity contribution in [1.82, 2.24) is 24.8 Å². The lowest BCUT2D eigenvalue weighted by Crippen LogP contribution is -2.46. The van der Waals surface area contributed by atoms with Gasteiger partial charge in [-0.1, -0.05) is 25.7 Å². The van der Waals surface area contributed by atoms with Crippen molar-refractivity contribution >= 4 is 22.9 Å². The summed E-state index contributed by atoms with van der Waals surface area (Å²) in [4.78, 5) is 25.8. The van der Waals surface area contributed by atoms with Crippen molar-refractivity contribution in [2.24, 2.45) is 0 Å². The van der Waals surface area contributed by atoms with Gasteiger partial charge in [0.1, 0.15) is 24.1 Å². The van der Waals surface area contributed by atoms with E-state index in [1.165, 1.54) is 19.2 Å². The fourth-order valence-electron chi connectivity index (χ4n) is 4.78. The van der Waals surface area contributed by atoms with E-state index in [-0.39, 0.29) is 11.9 Å². The lowest BCUT2D eigenvalue weighted by Gasteiger charge is -2.25. The number of anilines is 1. The standard InChI is InChI=1S/C20H28N6O4/c1-20(2)29-13-14(18(27)25-11-7-5-3-4-6-8-11)28-19(15(13)30-20)26-10-24-12-16(21)22-9-23-17(12)26/h9-11,13-15,19H,3-8H2,1-2H3,(H,25,27)(H2,21,22,23)/t13-,14+,15-,19-/m1/s1. The summed E-state index contributed by atoms with van der Waals surface area (Å²) >= 11 is 0. The molecule has 0 radical (unpaired) electrons. The Labute approximate surface area is 174 Å². The van der Waals surface area contributed by atoms with Crippen LogP contribution in [0.2, 0.25) is 0 Å². The molecule has 2 aliphatic heterocycles. The number of imidazole rings is 1. The quantitative estimate of drug-likeness (QED) is 0.724. The summed E-state index contributed by atoms with van der Waals surface area (Å²) < 4.78 is 20.2. The lowest BCUT2D eigenvalue weighted by molar-refractivity contribution is -0.197. The summed E-state index contributed by atoms with van der Waals surface area (Å²) in [5.74, 6) is -0.679. The largest absolute Gasteiger partial charge is 0.382 e. The Morgan fingerprint density at radius 3 is 2.63 bits per heavy atom. The number of nitrogens with two attached hydrogens (primary N) is 1. The van der Waals surface area contributed by atoms with Gasteiger partial charge in [-0.3, -0.25) is 9.36 Å². The number of nitrogen functional groups attached to an aromatic ring is 1. The van der Waals surface area contributed by atoms with Crippen molar-refractivity contribution in [3.63, 3.8) is 0 Å². The van der Waals surface area contributed by atoms with Crippen molar-refractivity contribution in [3.8, 4) is 0 Å². The van der Waals surface area contributed by atoms with Gasteiger partial charge in [0.15, 0.2) is 29.6 Å². The molecule has 0 bridgehead atoms. The Kier molecular flexibility index (Phi) is 4.87. The summed E-state index contributed by atoms with van der Waals surface area (Å²) in [5.41, 5.74) is 6.94. The summed E-state index contributed by atoms with van der Waals surface area (Å²) in [6.45, 7) is 3.68. The van der Waals surface area contributed by atoms with Crippen LogP contribution in [-0.4, -0.2) is 55.6 Å². The van der Waals surface area contributed by atoms with E-state index in [0.717, 1.165) is 25.7 Å². The van der Waals surface area contributed by atoms with Gasteiger partial charge >= 0.3 is 0 Å². The van der Waals surface area contributed by atoms with E-state index in [2.05, 4.69) is 20.3 Å². The van der Waals surface area contributed by atoms with Crippen LogP contribution in [0.1, 0.15) is 58.6 Å². The van der Waals surface area contributed by atoms with Crippen molar-refractivity contribution in [2.75, 3.05) is 5.73 Å². The Bertz CT molecular complexity index is 939. The van der Waals surface area contributed by atoms with Gasteiger partial charge in [0.25, 0.3) is 5.91 Å². The van der Waals surface area contributed by atoms with Crippen molar-refractivity contribution in [2.45, 2.75) is 88.7 Å². The molecular formula is C20H28N6O4. The molecule has 30 heavy (non-hydrogen) atoms. The molecule has 1 saturated carbocycles. The number of ether oxygens (including phenoxy) is 3. The second-order valence-corrected chi connectivity index (χ2v) is 8.79. The molecule has 0 spiro atoms. The average Bonchev–Trinajstić information content (AvgIpc) is 3.27. The van der Waals surface area contributed by atoms with Gasteiger partial charge in [0.05, 0.1) is 6.33 Å². The Balaban J connectivity index is 1.42. The first-order valence-corrected chi connectivity index (χ1v) is 10.7. The number of hydrogen-bond acceptors (Lipinski definition) is 8. The Morgan fingerprint density at radius 2 is 1.87 bits per heavy atom. The molecule has 2 aromatic heterocycles. The number of carbonyl (C=O) groups excluding carboxylic acids is 1. The molecule has 162 valence electrons. The van der Waals surface area contributed by atoms with E-state index in [1.54, 1.807) is 10.9 Å². The predicted octanol–water partition coefficient (Wildman–Crippen LogP) is 1.66. The third-order valence-electron chi connectivity index (χ3n) is 6.15. The topological polar surface area (TPSA) is 126 Å². The number of nitrogens with zero attached hydrogens (tertiary/aromatic N) is 4. The van der Waals surface area contributed by atoms with Crippen molar-refractivity contribution in [3.05, 3.63) is 12.7 Å². The minimum absolute atomic E-state index is 0.153. The second-order valence-electron chi connectivity index (χ2n) is 8.79. The number of fused-ring (bicyclic) bond motifs is 2. The summed E-state index contributed by atoms with van der Waals surface area (Å²) in [5, 5.41) is 3.18. The molecule has 3 fully saturated rings. The highest BCUT2D eigenvalue weighted by molar-refractivity contribution is 5.83. The van der Waals surface area contributed by atoms with Gasteiger partial charge in [-0.15, -0.1) is 0 Å². The molecule has 0 aromatic carbocycles. The van der Waals surface area contributed by atoms with Crippen LogP contribution in [0.15, 0.2) is 12.7 Å². The molecule has 10 heteroatoms. The molecule has 3 N–H and O–H groups in total. The third kappa shape index (κ3) is 3.42. The van der Waals surface area contributed by atoms with Crippen LogP contribution in [0.3, 0.4) is 0 Å². The van der Waals surface area contributed by atoms with Gasteiger partial charge < -0.3 is 25.3 Å². The normalized spacial score (nSPS) is 31.5. The minimum Gasteiger partial charge on any atom is -0.382 e. The average molecular weight is 416 g/mol. The number of hydrogen-bond donors (Lipinski definition) is 2. The molecular weight excluding hydrogens is 388 g/mol. The summed E-state index contributed by atoms with van der Waals surface area (Å²) in [6.07, 6.45) is 7.33. The van der Waals surface area contributed by atoms with Gasteiger partial charge in [-0.2, -0.15) is 0 Å². The maximum atomic E-state index is 13.2. The van der Waals surface area contributed by atoms with Gasteiger partial charge in [0, 0.05) is 6.04 Å². The first-order chi connectivity index (χ1) is 14.4. The second kappa shape index (κ2) is 7.44. The van der Waals surface area contributed by atoms with Crippen LogP contribution in [0.5, 0.6) is 0 Å². The van der Waals surface area contributed by atoms with Crippen LogP contribution in [0, 0.1) is 0 Å². The molecule has 5 rings (SSSR count). The number of aromatic nitrogens is 4. The van der Waals surface area contributed by atoms with Gasteiger partial charge in [-0.05, 0) is 26.7 Å². The summed E-state index contributed by atoms with van der Waals surface area (Å²) in [6, 6.07) is 0.179. The predicted molar refractivity (Wildman–Crippen MR) is 107 cm³/mol. The molecule has 0 unspecified atom stereocenters. The number of nitrogens with one attached hydrogen (secondary N) is 1. The highest BCUT2D eigenvalue weighted by atomic mass is 16.8. The zero-order valence-electron chi connectivity index (χ0n) is 17.3. The molecule has 10 nitrogen and oxygen atoms in total. The van der Waals surface area contributed by atoms with Crippen LogP contribution < -0.4 is 11.1 Å². The smallest absolute Gasteiger partial charge is 0.252 e. The van der Waals surface area contributed by atoms with E-state index in [9.17, 15) is 4.79 Å². The summed E-state index contributed by atoms with van der Waals surface area (Å²) in [7, 11) is 0. The van der Waals surface area contributed by atoms with E-state index in [1.807, 2.05) is 13.8 Å². The van der Waals surface area contributed by atoms with E-state index < -0.39 is 30.3 Å². The van der Waals surface area contributed by atoms with Crippen LogP contribution in [0.25, 0.3) is 11.2 Å². The number of carbonyl (C=O) groups is 1. The molecule has 2 aromatic rings. The van der Waals surface area contributed by atoms with E-state index >= 15 is 0 Å². The van der Waals surface area contributed by atoms with E-state index in [0.29, 0.717) is 17.0 Å². The van der Waals surface area contributed by atoms with E-state index in [4.69, 9.17) is 19.9 Å². The maximum Gasteiger partial charge on any atom is 0.252 e. The first kappa shape index (κ1) is 19.7. The fraction of sp³-hybridized carbons (Fsp3) is 0.700. The van der Waals surface area contributed by atoms with Crippen molar-refractivity contribution < 1.29 is 19.0 Å². The van der Waals surface area contributed by atoms with Gasteiger partial charge in [-0.25, -0.2) is 15.0 Å². The molecule has 1 amide bonds. The van der Waals surface area contributed by atoms with Crippen molar-refractivity contribution in [1.29, 1.82) is 0 Å². The molecule has 2 saturated heterocycles. The SMILES string of the molecule is CC1(C)O[C@@H]2[C@H](O1)[C@@H](C(=O)NC1CCCCCC1)O[C@H]2n1cnc2c(N)ncnc21. The zero-order chi connectivity index (χ0) is 20.9. The van der Waals surface area contributed by atoms with Crippen LogP contribution >= 0.6 is 0 Å². The molecule has 1 aliphatic carbocycles. The van der Waals surface area contributed by atoms with Crippen LogP contribution in [0.4, 0.5) is 5.82 Å². The number of rotatable bonds is 3. The Hall–Kier alpha value is -2.30. The minimum atomic E-state index is -0.817. The first-order valence-electron chi connectivity index (χ1n) is 10.7. The number of amides is 1. The molecule has 4 heterocycles. The fourth-order valence-corrected chi connectivity index (χ4v) is 4.78. The van der Waals surface area contributed by atoms with Crippen LogP contribution in [-0.2, 0) is 19.0 Å². The molecule has 4 atom stereocenters.